The van der Waals surface area contributed by atoms with Crippen LogP contribution >= 0.6 is 0 Å². The molecule has 17 heavy (non-hydrogen) atoms. The number of rotatable bonds is 3. The van der Waals surface area contributed by atoms with Crippen molar-refractivity contribution in [2.75, 3.05) is 31.2 Å². The molecule has 2 fully saturated rings. The Morgan fingerprint density at radius 3 is 2.76 bits per heavy atom. The Bertz CT molecular complexity index is 426. The fourth-order valence-corrected chi connectivity index (χ4v) is 2.08. The zero-order valence-electron chi connectivity index (χ0n) is 9.63. The van der Waals surface area contributed by atoms with E-state index in [1.807, 2.05) is 0 Å². The number of aromatic nitrogens is 2. The molecule has 2 aliphatic rings. The number of nitrogens with zero attached hydrogens (tertiary/aromatic N) is 3. The number of carbonyl (C=O) groups excluding carboxylic acids is 1. The standard InChI is InChI=1S/C12H15N3O2/c16-8-10-7-13-12(14-11(10)9-1-2-9)15-3-5-17-6-4-15/h7-9H,1-6H2. The molecule has 5 nitrogen and oxygen atoms in total. The summed E-state index contributed by atoms with van der Waals surface area (Å²) in [4.78, 5) is 21.9. The molecule has 0 amide bonds. The smallest absolute Gasteiger partial charge is 0.225 e. The summed E-state index contributed by atoms with van der Waals surface area (Å²) < 4.78 is 5.30. The summed E-state index contributed by atoms with van der Waals surface area (Å²) in [6.45, 7) is 3.09. The van der Waals surface area contributed by atoms with Crippen molar-refractivity contribution in [2.24, 2.45) is 0 Å². The van der Waals surface area contributed by atoms with E-state index < -0.39 is 0 Å². The summed E-state index contributed by atoms with van der Waals surface area (Å²) in [5.41, 5.74) is 1.57. The van der Waals surface area contributed by atoms with Crippen LogP contribution < -0.4 is 4.90 Å². The van der Waals surface area contributed by atoms with E-state index in [-0.39, 0.29) is 0 Å². The third kappa shape index (κ3) is 2.15. The largest absolute Gasteiger partial charge is 0.378 e. The Morgan fingerprint density at radius 2 is 2.12 bits per heavy atom. The van der Waals surface area contributed by atoms with Crippen molar-refractivity contribution in [2.45, 2.75) is 18.8 Å². The number of hydrogen-bond acceptors (Lipinski definition) is 5. The molecule has 5 heteroatoms. The quantitative estimate of drug-likeness (QED) is 0.729. The van der Waals surface area contributed by atoms with E-state index in [0.717, 1.165) is 57.1 Å². The van der Waals surface area contributed by atoms with Gasteiger partial charge in [0.05, 0.1) is 24.5 Å². The number of carbonyl (C=O) groups is 1. The minimum Gasteiger partial charge on any atom is -0.378 e. The highest BCUT2D eigenvalue weighted by molar-refractivity contribution is 5.76. The molecule has 2 heterocycles. The average Bonchev–Trinajstić information content (AvgIpc) is 3.23. The molecule has 0 spiro atoms. The van der Waals surface area contributed by atoms with Crippen molar-refractivity contribution in [3.8, 4) is 0 Å². The highest BCUT2D eigenvalue weighted by Gasteiger charge is 2.29. The van der Waals surface area contributed by atoms with Crippen LogP contribution in [0.3, 0.4) is 0 Å². The molecule has 0 atom stereocenters. The van der Waals surface area contributed by atoms with E-state index in [0.29, 0.717) is 11.5 Å². The van der Waals surface area contributed by atoms with E-state index in [2.05, 4.69) is 14.9 Å². The van der Waals surface area contributed by atoms with Gasteiger partial charge < -0.3 is 9.64 Å². The summed E-state index contributed by atoms with van der Waals surface area (Å²) in [5.74, 6) is 1.21. The van der Waals surface area contributed by atoms with Gasteiger partial charge >= 0.3 is 0 Å². The lowest BCUT2D eigenvalue weighted by atomic mass is 10.2. The lowest BCUT2D eigenvalue weighted by Gasteiger charge is -2.27. The minimum absolute atomic E-state index is 0.470. The van der Waals surface area contributed by atoms with Crippen LogP contribution in [0.1, 0.15) is 34.8 Å². The van der Waals surface area contributed by atoms with Crippen LogP contribution in [0.25, 0.3) is 0 Å². The Labute approximate surface area is 99.8 Å². The molecule has 1 saturated carbocycles. The number of aldehydes is 1. The van der Waals surface area contributed by atoms with Gasteiger partial charge in [0, 0.05) is 25.2 Å². The number of hydrogen-bond donors (Lipinski definition) is 0. The fourth-order valence-electron chi connectivity index (χ4n) is 2.08. The van der Waals surface area contributed by atoms with Crippen LogP contribution in [0.2, 0.25) is 0 Å². The van der Waals surface area contributed by atoms with Crippen molar-refractivity contribution in [3.05, 3.63) is 17.5 Å². The van der Waals surface area contributed by atoms with Gasteiger partial charge in [0.25, 0.3) is 0 Å². The van der Waals surface area contributed by atoms with Crippen LogP contribution in [0.5, 0.6) is 0 Å². The SMILES string of the molecule is O=Cc1cnc(N2CCOCC2)nc1C1CC1. The highest BCUT2D eigenvalue weighted by Crippen LogP contribution is 2.40. The first-order chi connectivity index (χ1) is 8.38. The van der Waals surface area contributed by atoms with Gasteiger partial charge in [0.1, 0.15) is 0 Å². The summed E-state index contributed by atoms with van der Waals surface area (Å²) in [7, 11) is 0. The molecule has 0 aromatic carbocycles. The first-order valence-corrected chi connectivity index (χ1v) is 6.03. The highest BCUT2D eigenvalue weighted by atomic mass is 16.5. The summed E-state index contributed by atoms with van der Waals surface area (Å²) in [5, 5.41) is 0. The van der Waals surface area contributed by atoms with E-state index in [1.165, 1.54) is 0 Å². The zero-order chi connectivity index (χ0) is 11.7. The molecule has 0 radical (unpaired) electrons. The molecule has 1 aromatic heterocycles. The lowest BCUT2D eigenvalue weighted by Crippen LogP contribution is -2.37. The minimum atomic E-state index is 0.470. The summed E-state index contributed by atoms with van der Waals surface area (Å²) in [6, 6.07) is 0. The van der Waals surface area contributed by atoms with Crippen LogP contribution in [0, 0.1) is 0 Å². The van der Waals surface area contributed by atoms with Gasteiger partial charge in [-0.05, 0) is 12.8 Å². The van der Waals surface area contributed by atoms with Crippen molar-refractivity contribution in [1.29, 1.82) is 0 Å². The second-order valence-electron chi connectivity index (χ2n) is 4.50. The third-order valence-corrected chi connectivity index (χ3v) is 3.22. The Balaban J connectivity index is 1.89. The monoisotopic (exact) mass is 233 g/mol. The predicted octanol–water partition coefficient (Wildman–Crippen LogP) is 1.00. The third-order valence-electron chi connectivity index (χ3n) is 3.22. The molecule has 0 N–H and O–H groups in total. The molecular weight excluding hydrogens is 218 g/mol. The molecule has 0 bridgehead atoms. The van der Waals surface area contributed by atoms with Gasteiger partial charge in [-0.3, -0.25) is 4.79 Å². The maximum absolute atomic E-state index is 10.9. The van der Waals surface area contributed by atoms with Gasteiger partial charge in [0.2, 0.25) is 5.95 Å². The fraction of sp³-hybridized carbons (Fsp3) is 0.583. The van der Waals surface area contributed by atoms with Gasteiger partial charge in [-0.1, -0.05) is 0 Å². The van der Waals surface area contributed by atoms with Crippen molar-refractivity contribution < 1.29 is 9.53 Å². The molecule has 0 unspecified atom stereocenters. The zero-order valence-corrected chi connectivity index (χ0v) is 9.63. The van der Waals surface area contributed by atoms with E-state index >= 15 is 0 Å². The van der Waals surface area contributed by atoms with Crippen LogP contribution in [-0.2, 0) is 4.74 Å². The average molecular weight is 233 g/mol. The van der Waals surface area contributed by atoms with Crippen LogP contribution in [0.4, 0.5) is 5.95 Å². The van der Waals surface area contributed by atoms with Crippen LogP contribution in [0.15, 0.2) is 6.20 Å². The molecule has 1 aliphatic carbocycles. The molecule has 1 saturated heterocycles. The second kappa shape index (κ2) is 4.41. The number of ether oxygens (including phenoxy) is 1. The summed E-state index contributed by atoms with van der Waals surface area (Å²) >= 11 is 0. The number of anilines is 1. The Morgan fingerprint density at radius 1 is 1.35 bits per heavy atom. The van der Waals surface area contributed by atoms with Gasteiger partial charge in [-0.25, -0.2) is 9.97 Å². The molecule has 90 valence electrons. The molecule has 1 aromatic rings. The maximum atomic E-state index is 10.9. The maximum Gasteiger partial charge on any atom is 0.225 e. The topological polar surface area (TPSA) is 55.3 Å². The van der Waals surface area contributed by atoms with E-state index in [1.54, 1.807) is 6.20 Å². The predicted molar refractivity (Wildman–Crippen MR) is 62.4 cm³/mol. The Kier molecular flexibility index (Phi) is 2.76. The van der Waals surface area contributed by atoms with Crippen molar-refractivity contribution >= 4 is 12.2 Å². The number of morpholine rings is 1. The van der Waals surface area contributed by atoms with E-state index in [4.69, 9.17) is 4.74 Å². The molecular formula is C12H15N3O2. The van der Waals surface area contributed by atoms with Crippen LogP contribution in [-0.4, -0.2) is 42.6 Å². The normalized spacial score (nSPS) is 20.4. The Hall–Kier alpha value is -1.49. The van der Waals surface area contributed by atoms with E-state index in [9.17, 15) is 4.79 Å². The first kappa shape index (κ1) is 10.7. The van der Waals surface area contributed by atoms with Crippen molar-refractivity contribution in [3.63, 3.8) is 0 Å². The van der Waals surface area contributed by atoms with Crippen molar-refractivity contribution in [1.82, 2.24) is 9.97 Å². The van der Waals surface area contributed by atoms with Gasteiger partial charge in [-0.15, -0.1) is 0 Å². The lowest BCUT2D eigenvalue weighted by molar-refractivity contribution is 0.112. The first-order valence-electron chi connectivity index (χ1n) is 6.03. The molecule has 1 aliphatic heterocycles. The van der Waals surface area contributed by atoms with Gasteiger partial charge in [0.15, 0.2) is 6.29 Å². The van der Waals surface area contributed by atoms with Gasteiger partial charge in [-0.2, -0.15) is 0 Å². The second-order valence-corrected chi connectivity index (χ2v) is 4.50. The molecule has 3 rings (SSSR count). The summed E-state index contributed by atoms with van der Waals surface area (Å²) in [6.07, 6.45) is 4.79.